The van der Waals surface area contributed by atoms with Crippen LogP contribution in [0.3, 0.4) is 0 Å². The molecule has 0 radical (unpaired) electrons. The maximum Gasteiger partial charge on any atom is 0.122 e. The van der Waals surface area contributed by atoms with Crippen molar-refractivity contribution >= 4 is 23.4 Å². The fourth-order valence-electron chi connectivity index (χ4n) is 2.81. The van der Waals surface area contributed by atoms with Crippen LogP contribution in [0.25, 0.3) is 22.9 Å². The standard InChI is InChI=1S/C22H19N3OS/c1-3-16-4-6-17(7-5-16)15-27-22-21-14-20(24-25(21)13-12-23-22)18-8-10-19(26-2)11-9-18/h3-14H,1,15H2,2H3. The minimum absolute atomic E-state index is 0.836. The highest BCUT2D eigenvalue weighted by atomic mass is 32.2. The molecule has 0 saturated carbocycles. The Kier molecular flexibility index (Phi) is 4.94. The van der Waals surface area contributed by atoms with E-state index in [1.54, 1.807) is 25.1 Å². The van der Waals surface area contributed by atoms with E-state index in [0.29, 0.717) is 0 Å². The van der Waals surface area contributed by atoms with Gasteiger partial charge in [-0.25, -0.2) is 9.50 Å². The Bertz CT molecular complexity index is 1070. The Hall–Kier alpha value is -3.05. The number of nitrogens with zero attached hydrogens (tertiary/aromatic N) is 3. The minimum Gasteiger partial charge on any atom is -0.497 e. The molecule has 0 unspecified atom stereocenters. The van der Waals surface area contributed by atoms with Crippen molar-refractivity contribution < 1.29 is 4.74 Å². The molecule has 2 aromatic heterocycles. The van der Waals surface area contributed by atoms with E-state index < -0.39 is 0 Å². The predicted octanol–water partition coefficient (Wildman–Crippen LogP) is 5.34. The fraction of sp³-hybridized carbons (Fsp3) is 0.0909. The second-order valence-corrected chi connectivity index (χ2v) is 7.02. The molecule has 27 heavy (non-hydrogen) atoms. The van der Waals surface area contributed by atoms with Gasteiger partial charge in [-0.1, -0.05) is 48.7 Å². The molecule has 5 heteroatoms. The van der Waals surface area contributed by atoms with Crippen LogP contribution in [-0.2, 0) is 5.75 Å². The van der Waals surface area contributed by atoms with Crippen molar-refractivity contribution in [3.63, 3.8) is 0 Å². The molecular weight excluding hydrogens is 354 g/mol. The summed E-state index contributed by atoms with van der Waals surface area (Å²) in [5.74, 6) is 1.69. The summed E-state index contributed by atoms with van der Waals surface area (Å²) in [6.45, 7) is 3.79. The molecule has 4 aromatic rings. The van der Waals surface area contributed by atoms with Gasteiger partial charge in [0.1, 0.15) is 10.8 Å². The van der Waals surface area contributed by atoms with E-state index in [0.717, 1.165) is 38.9 Å². The highest BCUT2D eigenvalue weighted by molar-refractivity contribution is 7.98. The third kappa shape index (κ3) is 3.73. The molecule has 134 valence electrons. The second kappa shape index (κ2) is 7.68. The van der Waals surface area contributed by atoms with E-state index in [-0.39, 0.29) is 0 Å². The summed E-state index contributed by atoms with van der Waals surface area (Å²) in [7, 11) is 1.67. The van der Waals surface area contributed by atoms with Gasteiger partial charge < -0.3 is 4.74 Å². The average Bonchev–Trinajstić information content (AvgIpc) is 3.17. The fourth-order valence-corrected chi connectivity index (χ4v) is 3.75. The summed E-state index contributed by atoms with van der Waals surface area (Å²) in [5, 5.41) is 5.66. The van der Waals surface area contributed by atoms with Crippen LogP contribution in [0.1, 0.15) is 11.1 Å². The lowest BCUT2D eigenvalue weighted by molar-refractivity contribution is 0.415. The molecule has 0 spiro atoms. The topological polar surface area (TPSA) is 39.4 Å². The van der Waals surface area contributed by atoms with Gasteiger partial charge in [0.25, 0.3) is 0 Å². The number of rotatable bonds is 6. The van der Waals surface area contributed by atoms with Crippen molar-refractivity contribution in [1.29, 1.82) is 0 Å². The SMILES string of the molecule is C=Cc1ccc(CSc2nccn3nc(-c4ccc(OC)cc4)cc23)cc1. The van der Waals surface area contributed by atoms with Crippen LogP contribution in [0.4, 0.5) is 0 Å². The maximum atomic E-state index is 5.23. The molecule has 0 aliphatic carbocycles. The van der Waals surface area contributed by atoms with Gasteiger partial charge in [0.2, 0.25) is 0 Å². The van der Waals surface area contributed by atoms with Gasteiger partial charge in [-0.3, -0.25) is 0 Å². The van der Waals surface area contributed by atoms with Crippen molar-refractivity contribution in [2.75, 3.05) is 7.11 Å². The van der Waals surface area contributed by atoms with Gasteiger partial charge in [-0.15, -0.1) is 0 Å². The molecule has 0 amide bonds. The van der Waals surface area contributed by atoms with Gasteiger partial charge in [-0.2, -0.15) is 5.10 Å². The quantitative estimate of drug-likeness (QED) is 0.428. The van der Waals surface area contributed by atoms with E-state index in [2.05, 4.69) is 47.0 Å². The first-order valence-electron chi connectivity index (χ1n) is 8.60. The van der Waals surface area contributed by atoms with Gasteiger partial charge in [-0.05, 0) is 41.5 Å². The summed E-state index contributed by atoms with van der Waals surface area (Å²) in [4.78, 5) is 4.56. The molecule has 0 aliphatic rings. The number of thioether (sulfide) groups is 1. The van der Waals surface area contributed by atoms with E-state index in [9.17, 15) is 0 Å². The molecule has 4 rings (SSSR count). The lowest BCUT2D eigenvalue weighted by Gasteiger charge is -2.03. The summed E-state index contributed by atoms with van der Waals surface area (Å²) in [6.07, 6.45) is 5.53. The lowest BCUT2D eigenvalue weighted by Crippen LogP contribution is -1.91. The predicted molar refractivity (Wildman–Crippen MR) is 111 cm³/mol. The Morgan fingerprint density at radius 2 is 1.89 bits per heavy atom. The third-order valence-electron chi connectivity index (χ3n) is 4.33. The first-order valence-corrected chi connectivity index (χ1v) is 9.58. The zero-order valence-electron chi connectivity index (χ0n) is 15.0. The zero-order chi connectivity index (χ0) is 18.6. The molecule has 0 N–H and O–H groups in total. The summed E-state index contributed by atoms with van der Waals surface area (Å²) in [5.41, 5.74) is 5.36. The first-order chi connectivity index (χ1) is 13.3. The van der Waals surface area contributed by atoms with Crippen molar-refractivity contribution in [3.8, 4) is 17.0 Å². The third-order valence-corrected chi connectivity index (χ3v) is 5.40. The molecule has 4 nitrogen and oxygen atoms in total. The number of hydrogen-bond donors (Lipinski definition) is 0. The van der Waals surface area contributed by atoms with Crippen LogP contribution in [0.2, 0.25) is 0 Å². The number of benzene rings is 2. The molecule has 0 saturated heterocycles. The maximum absolute atomic E-state index is 5.23. The van der Waals surface area contributed by atoms with Crippen molar-refractivity contribution in [2.45, 2.75) is 10.8 Å². The lowest BCUT2D eigenvalue weighted by atomic mass is 10.1. The van der Waals surface area contributed by atoms with Gasteiger partial charge in [0.15, 0.2) is 0 Å². The molecule has 2 aromatic carbocycles. The number of hydrogen-bond acceptors (Lipinski definition) is 4. The van der Waals surface area contributed by atoms with Gasteiger partial charge >= 0.3 is 0 Å². The molecule has 0 bridgehead atoms. The number of fused-ring (bicyclic) bond motifs is 1. The largest absolute Gasteiger partial charge is 0.497 e. The molecule has 0 fully saturated rings. The number of ether oxygens (including phenoxy) is 1. The Morgan fingerprint density at radius 1 is 1.11 bits per heavy atom. The molecule has 2 heterocycles. The molecular formula is C22H19N3OS. The van der Waals surface area contributed by atoms with Crippen LogP contribution >= 0.6 is 11.8 Å². The van der Waals surface area contributed by atoms with E-state index in [4.69, 9.17) is 4.74 Å². The molecule has 0 aliphatic heterocycles. The van der Waals surface area contributed by atoms with Crippen LogP contribution in [-0.4, -0.2) is 21.7 Å². The highest BCUT2D eigenvalue weighted by Gasteiger charge is 2.10. The van der Waals surface area contributed by atoms with E-state index >= 15 is 0 Å². The zero-order valence-corrected chi connectivity index (χ0v) is 15.8. The second-order valence-electron chi connectivity index (χ2n) is 6.05. The monoisotopic (exact) mass is 373 g/mol. The summed E-state index contributed by atoms with van der Waals surface area (Å²) in [6, 6.07) is 18.4. The van der Waals surface area contributed by atoms with Crippen molar-refractivity contribution in [2.24, 2.45) is 0 Å². The molecule has 0 atom stereocenters. The normalized spacial score (nSPS) is 10.9. The van der Waals surface area contributed by atoms with Crippen LogP contribution in [0, 0.1) is 0 Å². The highest BCUT2D eigenvalue weighted by Crippen LogP contribution is 2.29. The number of methoxy groups -OCH3 is 1. The van der Waals surface area contributed by atoms with Crippen LogP contribution in [0.5, 0.6) is 5.75 Å². The van der Waals surface area contributed by atoms with Crippen molar-refractivity contribution in [1.82, 2.24) is 14.6 Å². The Morgan fingerprint density at radius 3 is 2.59 bits per heavy atom. The smallest absolute Gasteiger partial charge is 0.122 e. The van der Waals surface area contributed by atoms with Gasteiger partial charge in [0.05, 0.1) is 18.3 Å². The van der Waals surface area contributed by atoms with E-state index in [1.165, 1.54) is 5.56 Å². The van der Waals surface area contributed by atoms with Crippen molar-refractivity contribution in [3.05, 3.63) is 84.7 Å². The summed E-state index contributed by atoms with van der Waals surface area (Å²) >= 11 is 1.71. The minimum atomic E-state index is 0.836. The Balaban J connectivity index is 1.59. The van der Waals surface area contributed by atoms with E-state index in [1.807, 2.05) is 41.1 Å². The Labute approximate surface area is 162 Å². The van der Waals surface area contributed by atoms with Crippen LogP contribution in [0.15, 0.2) is 78.6 Å². The first kappa shape index (κ1) is 17.4. The van der Waals surface area contributed by atoms with Gasteiger partial charge in [0, 0.05) is 23.7 Å². The van der Waals surface area contributed by atoms with Crippen LogP contribution < -0.4 is 4.74 Å². The average molecular weight is 373 g/mol. The summed E-state index contributed by atoms with van der Waals surface area (Å²) < 4.78 is 7.11. The number of aromatic nitrogens is 3.